The van der Waals surface area contributed by atoms with Gasteiger partial charge in [0.05, 0.1) is 30.4 Å². The molecule has 6 atom stereocenters. The number of hydrogen-bond donors (Lipinski definition) is 4. The molecule has 0 aromatic heterocycles. The molecule has 0 unspecified atom stereocenters. The van der Waals surface area contributed by atoms with Crippen molar-refractivity contribution < 1.29 is 47.6 Å². The summed E-state index contributed by atoms with van der Waals surface area (Å²) in [6, 6.07) is -0.980. The summed E-state index contributed by atoms with van der Waals surface area (Å²) < 4.78 is 41.0. The van der Waals surface area contributed by atoms with Gasteiger partial charge >= 0.3 is 0 Å². The first kappa shape index (κ1) is 30.6. The highest BCUT2D eigenvalue weighted by molar-refractivity contribution is 6.22. The number of aromatic hydroxyl groups is 1. The minimum Gasteiger partial charge on any atom is -0.508 e. The number of Topliss-reactive ketones (excluding diaryl/α,β-unsaturated/α-hetero) is 2. The molecule has 1 saturated heterocycles. The number of aliphatic hydroxyl groups excluding tert-OH is 1. The molecule has 2 amide bonds. The number of halogens is 2. The van der Waals surface area contributed by atoms with Crippen molar-refractivity contribution in [1.82, 2.24) is 9.80 Å². The number of nitrogens with zero attached hydrogens (tertiary/aromatic N) is 2. The highest BCUT2D eigenvalue weighted by Gasteiger charge is 2.64. The molecule has 0 radical (unpaired) electrons. The van der Waals surface area contributed by atoms with Gasteiger partial charge in [0.2, 0.25) is 5.91 Å². The van der Waals surface area contributed by atoms with Crippen LogP contribution < -0.4 is 11.1 Å². The molecule has 4 aliphatic rings. The van der Waals surface area contributed by atoms with Crippen molar-refractivity contribution in [1.29, 1.82) is 0 Å². The Labute approximate surface area is 246 Å². The molecule has 43 heavy (non-hydrogen) atoms. The van der Waals surface area contributed by atoms with Gasteiger partial charge in [-0.25, -0.2) is 8.78 Å². The largest absolute Gasteiger partial charge is 0.508 e. The van der Waals surface area contributed by atoms with E-state index >= 15 is 4.39 Å². The Morgan fingerprint density at radius 3 is 2.42 bits per heavy atom. The lowest BCUT2D eigenvalue weighted by Crippen LogP contribution is -2.63. The molecule has 0 spiro atoms. The number of alkyl halides is 1. The van der Waals surface area contributed by atoms with E-state index in [0.29, 0.717) is 0 Å². The number of anilines is 1. The van der Waals surface area contributed by atoms with E-state index in [1.807, 2.05) is 0 Å². The maximum absolute atomic E-state index is 15.6. The summed E-state index contributed by atoms with van der Waals surface area (Å²) in [6.45, 7) is 0.0394. The third kappa shape index (κ3) is 4.33. The second-order valence-electron chi connectivity index (χ2n) is 11.7. The summed E-state index contributed by atoms with van der Waals surface area (Å²) in [7, 11) is 7.20. The number of primary amides is 1. The first-order valence-electron chi connectivity index (χ1n) is 13.7. The minimum atomic E-state index is -1.99. The Morgan fingerprint density at radius 1 is 1.21 bits per heavy atom. The van der Waals surface area contributed by atoms with E-state index in [1.165, 1.54) is 19.1 Å². The van der Waals surface area contributed by atoms with Gasteiger partial charge in [0.25, 0.3) is 5.91 Å². The molecule has 3 aliphatic carbocycles. The van der Waals surface area contributed by atoms with Gasteiger partial charge in [-0.2, -0.15) is 0 Å². The summed E-state index contributed by atoms with van der Waals surface area (Å²) in [5, 5.41) is 25.0. The summed E-state index contributed by atoms with van der Waals surface area (Å²) in [6.07, 6.45) is -1.37. The number of allylic oxidation sites excluding steroid dienone is 1. The molecule has 232 valence electrons. The van der Waals surface area contributed by atoms with Crippen LogP contribution in [0.5, 0.6) is 5.75 Å². The van der Waals surface area contributed by atoms with Gasteiger partial charge in [0, 0.05) is 43.2 Å². The molecule has 1 aromatic carbocycles. The summed E-state index contributed by atoms with van der Waals surface area (Å²) in [5.41, 5.74) is 1.88. The first-order valence-corrected chi connectivity index (χ1v) is 13.7. The van der Waals surface area contributed by atoms with Gasteiger partial charge in [-0.3, -0.25) is 29.0 Å². The Balaban J connectivity index is 1.67. The van der Waals surface area contributed by atoms with E-state index in [-0.39, 0.29) is 48.4 Å². The molecule has 0 saturated carbocycles. The minimum absolute atomic E-state index is 0.0308. The predicted octanol–water partition coefficient (Wildman–Crippen LogP) is 0.983. The topological polar surface area (TPSA) is 172 Å². The van der Waals surface area contributed by atoms with E-state index in [1.54, 1.807) is 26.0 Å². The number of ketones is 2. The van der Waals surface area contributed by atoms with Gasteiger partial charge < -0.3 is 30.7 Å². The molecule has 1 aromatic rings. The summed E-state index contributed by atoms with van der Waals surface area (Å²) >= 11 is 0. The van der Waals surface area contributed by atoms with Crippen LogP contribution in [0.4, 0.5) is 14.5 Å². The van der Waals surface area contributed by atoms with E-state index < -0.39 is 87.5 Å². The highest BCUT2D eigenvalue weighted by Crippen LogP contribution is 2.56. The van der Waals surface area contributed by atoms with Gasteiger partial charge in [-0.05, 0) is 39.9 Å². The Bertz CT molecular complexity index is 1510. The summed E-state index contributed by atoms with van der Waals surface area (Å²) in [5.74, 6) is -7.64. The lowest BCUT2D eigenvalue weighted by atomic mass is 9.59. The van der Waals surface area contributed by atoms with Crippen LogP contribution in [-0.4, -0.2) is 109 Å². The Morgan fingerprint density at radius 2 is 1.88 bits per heavy atom. The fraction of sp³-hybridized carbons (Fsp3) is 0.517. The highest BCUT2D eigenvalue weighted by atomic mass is 19.1. The SMILES string of the molecule is COC1=C2C(=O)c3c(O)c(NC(=O)[C@@H]4C[C@@H](F)CN4C)cc(F)c3C[C@H]2C[C@H]2[C@H](N(C)C)C(=O)C(C(N)=O)=C(O)[C@@]12OC. The maximum Gasteiger partial charge on any atom is 0.255 e. The molecule has 14 heteroatoms. The molecule has 5 rings (SSSR count). The van der Waals surface area contributed by atoms with E-state index in [2.05, 4.69) is 5.32 Å². The average molecular weight is 605 g/mol. The second kappa shape index (κ2) is 10.7. The van der Waals surface area contributed by atoms with Crippen LogP contribution in [0, 0.1) is 17.7 Å². The molecular weight excluding hydrogens is 570 g/mol. The number of amides is 2. The first-order chi connectivity index (χ1) is 20.2. The smallest absolute Gasteiger partial charge is 0.255 e. The van der Waals surface area contributed by atoms with Crippen molar-refractivity contribution in [2.45, 2.75) is 43.1 Å². The van der Waals surface area contributed by atoms with Gasteiger partial charge in [-0.1, -0.05) is 0 Å². The molecule has 1 aliphatic heterocycles. The third-order valence-corrected chi connectivity index (χ3v) is 9.20. The van der Waals surface area contributed by atoms with Crippen LogP contribution >= 0.6 is 0 Å². The molecular formula is C29H34F2N4O8. The predicted molar refractivity (Wildman–Crippen MR) is 147 cm³/mol. The second-order valence-corrected chi connectivity index (χ2v) is 11.7. The van der Waals surface area contributed by atoms with Crippen molar-refractivity contribution >= 4 is 29.1 Å². The molecule has 0 bridgehead atoms. The van der Waals surface area contributed by atoms with Gasteiger partial charge in [-0.15, -0.1) is 0 Å². The molecule has 12 nitrogen and oxygen atoms in total. The zero-order chi connectivity index (χ0) is 31.7. The number of likely N-dealkylation sites (N-methyl/N-ethyl adjacent to an activating group) is 2. The normalized spacial score (nSPS) is 30.7. The number of benzene rings is 1. The number of hydrogen-bond acceptors (Lipinski definition) is 10. The lowest BCUT2D eigenvalue weighted by molar-refractivity contribution is -0.141. The molecule has 5 N–H and O–H groups in total. The van der Waals surface area contributed by atoms with Crippen LogP contribution in [0.3, 0.4) is 0 Å². The number of nitrogens with one attached hydrogen (secondary N) is 1. The number of ether oxygens (including phenoxy) is 2. The van der Waals surface area contributed by atoms with Crippen LogP contribution in [0.15, 0.2) is 28.7 Å². The van der Waals surface area contributed by atoms with Crippen molar-refractivity contribution in [3.05, 3.63) is 45.7 Å². The van der Waals surface area contributed by atoms with E-state index in [0.717, 1.165) is 6.07 Å². The number of nitrogens with two attached hydrogens (primary N) is 1. The zero-order valence-electron chi connectivity index (χ0n) is 24.4. The quantitative estimate of drug-likeness (QED) is 0.271. The number of fused-ring (bicyclic) bond motifs is 3. The van der Waals surface area contributed by atoms with E-state index in [4.69, 9.17) is 15.2 Å². The Hall–Kier alpha value is -3.88. The standard InChI is InChI=1S/C29H34F2N4O8/c1-34(2)21-14-7-11-6-13-15(31)9-16(33-28(41)17-8-12(30)10-35(17)3)22(36)19(13)23(37)18(11)26(42-4)29(14,43-5)25(39)20(24(21)38)27(32)40/h9,11-12,14,17,21,36,39H,6-8,10H2,1-5H3,(H2,32,40)(H,33,41)/t11-,12+,14-,17-,21-,29+/m0/s1. The number of methoxy groups -OCH3 is 2. The van der Waals surface area contributed by atoms with Crippen molar-refractivity contribution in [2.75, 3.05) is 47.2 Å². The average Bonchev–Trinajstić information content (AvgIpc) is 3.27. The van der Waals surface area contributed by atoms with Crippen molar-refractivity contribution in [3.8, 4) is 5.75 Å². The zero-order valence-corrected chi connectivity index (χ0v) is 24.4. The number of phenolic OH excluding ortho intramolecular Hbond substituents is 1. The lowest BCUT2D eigenvalue weighted by Gasteiger charge is -2.52. The van der Waals surface area contributed by atoms with Crippen LogP contribution in [0.1, 0.15) is 28.8 Å². The third-order valence-electron chi connectivity index (χ3n) is 9.20. The van der Waals surface area contributed by atoms with Crippen LogP contribution in [0.2, 0.25) is 0 Å². The monoisotopic (exact) mass is 604 g/mol. The number of likely N-dealkylation sites (tertiary alicyclic amines) is 1. The fourth-order valence-electron chi connectivity index (χ4n) is 7.38. The number of aliphatic hydroxyl groups is 1. The summed E-state index contributed by atoms with van der Waals surface area (Å²) in [4.78, 5) is 55.9. The number of carbonyl (C=O) groups excluding carboxylic acids is 4. The number of carbonyl (C=O) groups is 4. The van der Waals surface area contributed by atoms with Gasteiger partial charge in [0.1, 0.15) is 29.1 Å². The van der Waals surface area contributed by atoms with E-state index in [9.17, 15) is 33.8 Å². The number of phenols is 1. The Kier molecular flexibility index (Phi) is 7.60. The van der Waals surface area contributed by atoms with Crippen molar-refractivity contribution in [2.24, 2.45) is 17.6 Å². The number of rotatable bonds is 6. The maximum atomic E-state index is 15.6. The van der Waals surface area contributed by atoms with Crippen LogP contribution in [-0.2, 0) is 30.3 Å². The molecule has 1 heterocycles. The van der Waals surface area contributed by atoms with Crippen molar-refractivity contribution in [3.63, 3.8) is 0 Å². The molecule has 1 fully saturated rings. The fourth-order valence-corrected chi connectivity index (χ4v) is 7.38. The van der Waals surface area contributed by atoms with Gasteiger partial charge in [0.15, 0.2) is 22.9 Å². The van der Waals surface area contributed by atoms with Crippen LogP contribution in [0.25, 0.3) is 0 Å².